The molecule has 0 aliphatic carbocycles. The zero-order valence-electron chi connectivity index (χ0n) is 12.3. The minimum absolute atomic E-state index is 0.0406. The molecule has 0 spiro atoms. The van der Waals surface area contributed by atoms with Gasteiger partial charge in [-0.1, -0.05) is 11.6 Å². The number of halogens is 1. The molecule has 6 nitrogen and oxygen atoms in total. The third-order valence-electron chi connectivity index (χ3n) is 2.95. The third kappa shape index (κ3) is 4.15. The molecule has 0 bridgehead atoms. The van der Waals surface area contributed by atoms with E-state index < -0.39 is 19.9 Å². The minimum atomic E-state index is -4.03. The first kappa shape index (κ1) is 17.6. The SMILES string of the molecule is COc1ccc(S(C)(=O)=O)cc1S(=O)(=O)Nc1ccc(Cl)cc1. The molecule has 0 saturated carbocycles. The summed E-state index contributed by atoms with van der Waals surface area (Å²) >= 11 is 5.75. The highest BCUT2D eigenvalue weighted by molar-refractivity contribution is 7.93. The molecule has 2 aromatic carbocycles. The van der Waals surface area contributed by atoms with E-state index >= 15 is 0 Å². The number of hydrogen-bond acceptors (Lipinski definition) is 5. The molecule has 23 heavy (non-hydrogen) atoms. The van der Waals surface area contributed by atoms with Crippen LogP contribution in [0.25, 0.3) is 0 Å². The van der Waals surface area contributed by atoms with E-state index in [1.165, 1.54) is 43.5 Å². The fourth-order valence-corrected chi connectivity index (χ4v) is 3.93. The summed E-state index contributed by atoms with van der Waals surface area (Å²) in [6.45, 7) is 0. The van der Waals surface area contributed by atoms with E-state index in [9.17, 15) is 16.8 Å². The second-order valence-electron chi connectivity index (χ2n) is 4.70. The summed E-state index contributed by atoms with van der Waals surface area (Å²) < 4.78 is 55.7. The molecule has 0 aromatic heterocycles. The van der Waals surface area contributed by atoms with E-state index in [1.54, 1.807) is 0 Å². The summed E-state index contributed by atoms with van der Waals surface area (Å²) in [6.07, 6.45) is 0.998. The fourth-order valence-electron chi connectivity index (χ4n) is 1.83. The van der Waals surface area contributed by atoms with Crippen LogP contribution in [0.1, 0.15) is 0 Å². The van der Waals surface area contributed by atoms with Crippen LogP contribution < -0.4 is 9.46 Å². The van der Waals surface area contributed by atoms with Crippen molar-refractivity contribution >= 4 is 37.1 Å². The number of hydrogen-bond donors (Lipinski definition) is 1. The standard InChI is InChI=1S/C14H14ClNO5S2/c1-21-13-8-7-12(22(2,17)18)9-14(13)23(19,20)16-11-5-3-10(15)4-6-11/h3-9,16H,1-2H3. The van der Waals surface area contributed by atoms with Gasteiger partial charge in [-0.15, -0.1) is 0 Å². The number of sulfonamides is 1. The quantitative estimate of drug-likeness (QED) is 0.867. The number of methoxy groups -OCH3 is 1. The lowest BCUT2D eigenvalue weighted by atomic mass is 10.3. The van der Waals surface area contributed by atoms with Crippen LogP contribution in [0.3, 0.4) is 0 Å². The molecular formula is C14H14ClNO5S2. The summed E-state index contributed by atoms with van der Waals surface area (Å²) in [6, 6.07) is 9.70. The van der Waals surface area contributed by atoms with Gasteiger partial charge in [0.2, 0.25) is 0 Å². The monoisotopic (exact) mass is 375 g/mol. The van der Waals surface area contributed by atoms with Crippen molar-refractivity contribution in [2.75, 3.05) is 18.1 Å². The number of rotatable bonds is 5. The van der Waals surface area contributed by atoms with Gasteiger partial charge >= 0.3 is 0 Å². The molecule has 9 heteroatoms. The van der Waals surface area contributed by atoms with Crippen LogP contribution in [-0.2, 0) is 19.9 Å². The number of ether oxygens (including phenoxy) is 1. The van der Waals surface area contributed by atoms with Gasteiger partial charge in [-0.25, -0.2) is 16.8 Å². The van der Waals surface area contributed by atoms with Crippen molar-refractivity contribution in [3.05, 3.63) is 47.5 Å². The Labute approximate surface area is 140 Å². The average Bonchev–Trinajstić information content (AvgIpc) is 2.48. The Hall–Kier alpha value is -1.77. The summed E-state index contributed by atoms with van der Waals surface area (Å²) in [4.78, 5) is -0.382. The van der Waals surface area contributed by atoms with Gasteiger partial charge < -0.3 is 4.74 Å². The topological polar surface area (TPSA) is 89.5 Å². The van der Waals surface area contributed by atoms with Crippen LogP contribution in [0.4, 0.5) is 5.69 Å². The van der Waals surface area contributed by atoms with Crippen molar-refractivity contribution in [3.8, 4) is 5.75 Å². The minimum Gasteiger partial charge on any atom is -0.495 e. The van der Waals surface area contributed by atoms with E-state index in [-0.39, 0.29) is 15.5 Å². The lowest BCUT2D eigenvalue weighted by Gasteiger charge is -2.12. The number of anilines is 1. The first-order valence-electron chi connectivity index (χ1n) is 6.30. The lowest BCUT2D eigenvalue weighted by molar-refractivity contribution is 0.402. The lowest BCUT2D eigenvalue weighted by Crippen LogP contribution is -2.15. The van der Waals surface area contributed by atoms with Gasteiger partial charge in [-0.05, 0) is 42.5 Å². The van der Waals surface area contributed by atoms with Gasteiger partial charge in [0.15, 0.2) is 9.84 Å². The van der Waals surface area contributed by atoms with Gasteiger partial charge in [0.25, 0.3) is 10.0 Å². The van der Waals surface area contributed by atoms with Gasteiger partial charge in [-0.3, -0.25) is 4.72 Å². The van der Waals surface area contributed by atoms with Crippen molar-refractivity contribution in [1.29, 1.82) is 0 Å². The molecule has 0 fully saturated rings. The highest BCUT2D eigenvalue weighted by Crippen LogP contribution is 2.28. The van der Waals surface area contributed by atoms with Crippen LogP contribution in [0.2, 0.25) is 5.02 Å². The van der Waals surface area contributed by atoms with Crippen molar-refractivity contribution in [2.45, 2.75) is 9.79 Å². The van der Waals surface area contributed by atoms with Gasteiger partial charge in [-0.2, -0.15) is 0 Å². The molecule has 124 valence electrons. The second kappa shape index (κ2) is 6.38. The molecule has 0 radical (unpaired) electrons. The maximum atomic E-state index is 12.5. The largest absolute Gasteiger partial charge is 0.495 e. The Morgan fingerprint density at radius 1 is 1.00 bits per heavy atom. The zero-order valence-corrected chi connectivity index (χ0v) is 14.7. The Morgan fingerprint density at radius 3 is 2.13 bits per heavy atom. The highest BCUT2D eigenvalue weighted by Gasteiger charge is 2.22. The van der Waals surface area contributed by atoms with Gasteiger partial charge in [0.05, 0.1) is 12.0 Å². The molecule has 2 rings (SSSR count). The first-order valence-corrected chi connectivity index (χ1v) is 10.1. The zero-order chi connectivity index (χ0) is 17.3. The van der Waals surface area contributed by atoms with Crippen molar-refractivity contribution in [2.24, 2.45) is 0 Å². The maximum Gasteiger partial charge on any atom is 0.265 e. The predicted octanol–water partition coefficient (Wildman–Crippen LogP) is 2.55. The fraction of sp³-hybridized carbons (Fsp3) is 0.143. The summed E-state index contributed by atoms with van der Waals surface area (Å²) in [5.41, 5.74) is 0.293. The van der Waals surface area contributed by atoms with E-state index in [0.717, 1.165) is 12.3 Å². The van der Waals surface area contributed by atoms with Crippen LogP contribution in [0.5, 0.6) is 5.75 Å². The first-order chi connectivity index (χ1) is 10.6. The van der Waals surface area contributed by atoms with E-state index in [1.807, 2.05) is 0 Å². The number of nitrogens with one attached hydrogen (secondary N) is 1. The maximum absolute atomic E-state index is 12.5. The molecule has 0 unspecified atom stereocenters. The smallest absolute Gasteiger partial charge is 0.265 e. The van der Waals surface area contributed by atoms with E-state index in [2.05, 4.69) is 4.72 Å². The summed E-state index contributed by atoms with van der Waals surface area (Å²) in [7, 11) is -6.29. The number of sulfone groups is 1. The van der Waals surface area contributed by atoms with Gasteiger partial charge in [0.1, 0.15) is 10.6 Å². The average molecular weight is 376 g/mol. The highest BCUT2D eigenvalue weighted by atomic mass is 35.5. The van der Waals surface area contributed by atoms with E-state index in [0.29, 0.717) is 10.7 Å². The Bertz CT molecular complexity index is 922. The van der Waals surface area contributed by atoms with Crippen LogP contribution >= 0.6 is 11.6 Å². The molecule has 1 N–H and O–H groups in total. The molecule has 0 atom stereocenters. The second-order valence-corrected chi connectivity index (χ2v) is 8.80. The molecule has 0 aliphatic heterocycles. The van der Waals surface area contributed by atoms with Gasteiger partial charge in [0, 0.05) is 17.0 Å². The number of benzene rings is 2. The van der Waals surface area contributed by atoms with Crippen molar-refractivity contribution in [1.82, 2.24) is 0 Å². The van der Waals surface area contributed by atoms with Crippen molar-refractivity contribution in [3.63, 3.8) is 0 Å². The molecule has 0 amide bonds. The summed E-state index contributed by atoms with van der Waals surface area (Å²) in [5, 5.41) is 0.463. The van der Waals surface area contributed by atoms with E-state index in [4.69, 9.17) is 16.3 Å². The molecule has 2 aromatic rings. The Balaban J connectivity index is 2.51. The molecule has 0 heterocycles. The molecule has 0 aliphatic rings. The predicted molar refractivity (Wildman–Crippen MR) is 88.4 cm³/mol. The van der Waals surface area contributed by atoms with Crippen LogP contribution in [0.15, 0.2) is 52.3 Å². The molecule has 0 saturated heterocycles. The van der Waals surface area contributed by atoms with Crippen LogP contribution in [-0.4, -0.2) is 30.2 Å². The normalized spacial score (nSPS) is 12.0. The summed E-state index contributed by atoms with van der Waals surface area (Å²) in [5.74, 6) is 0.0406. The Morgan fingerprint density at radius 2 is 1.61 bits per heavy atom. The third-order valence-corrected chi connectivity index (χ3v) is 5.71. The van der Waals surface area contributed by atoms with Crippen LogP contribution in [0, 0.1) is 0 Å². The van der Waals surface area contributed by atoms with Crippen molar-refractivity contribution < 1.29 is 21.6 Å². The Kier molecular flexibility index (Phi) is 4.88. The molecular weight excluding hydrogens is 362 g/mol.